The number of halogens is 1. The zero-order valence-electron chi connectivity index (χ0n) is 16.5. The summed E-state index contributed by atoms with van der Waals surface area (Å²) in [5, 5.41) is 6.17. The average molecular weight is 406 g/mol. The molecule has 1 amide bonds. The Morgan fingerprint density at radius 1 is 1.03 bits per heavy atom. The van der Waals surface area contributed by atoms with Crippen LogP contribution in [-0.2, 0) is 11.3 Å². The Kier molecular flexibility index (Phi) is 6.20. The Balaban J connectivity index is 1.47. The molecule has 154 valence electrons. The molecule has 0 radical (unpaired) electrons. The van der Waals surface area contributed by atoms with E-state index < -0.39 is 0 Å². The van der Waals surface area contributed by atoms with Crippen LogP contribution < -0.4 is 15.5 Å². The Morgan fingerprint density at radius 3 is 2.60 bits per heavy atom. The summed E-state index contributed by atoms with van der Waals surface area (Å²) in [5.41, 5.74) is 2.83. The first-order chi connectivity index (χ1) is 14.7. The monoisotopic (exact) mass is 406 g/mol. The van der Waals surface area contributed by atoms with Crippen molar-refractivity contribution in [2.75, 3.05) is 36.5 Å². The van der Waals surface area contributed by atoms with Gasteiger partial charge < -0.3 is 20.3 Å². The number of hydrogen-bond donors (Lipinski definition) is 2. The lowest BCUT2D eigenvalue weighted by molar-refractivity contribution is 0.0951. The van der Waals surface area contributed by atoms with Gasteiger partial charge in [-0.2, -0.15) is 0 Å². The maximum atomic E-state index is 13.2. The van der Waals surface area contributed by atoms with E-state index in [1.54, 1.807) is 24.4 Å². The SMILES string of the molecule is O=C(NCc1cccnc1N1CCOCC1)c1ccccc1Nc1ccc(F)cc1. The Morgan fingerprint density at radius 2 is 1.80 bits per heavy atom. The molecule has 6 nitrogen and oxygen atoms in total. The number of para-hydroxylation sites is 1. The van der Waals surface area contributed by atoms with Crippen molar-refractivity contribution >= 4 is 23.1 Å². The Labute approximate surface area is 174 Å². The second kappa shape index (κ2) is 9.37. The number of carbonyl (C=O) groups is 1. The fourth-order valence-electron chi connectivity index (χ4n) is 3.38. The minimum atomic E-state index is -0.306. The van der Waals surface area contributed by atoms with Crippen molar-refractivity contribution in [3.05, 3.63) is 83.8 Å². The Hall–Kier alpha value is -3.45. The fourth-order valence-corrected chi connectivity index (χ4v) is 3.38. The van der Waals surface area contributed by atoms with Gasteiger partial charge in [0.15, 0.2) is 0 Å². The van der Waals surface area contributed by atoms with Crippen LogP contribution in [0, 0.1) is 5.82 Å². The number of ether oxygens (including phenoxy) is 1. The highest BCUT2D eigenvalue weighted by Crippen LogP contribution is 2.22. The van der Waals surface area contributed by atoms with Gasteiger partial charge >= 0.3 is 0 Å². The second-order valence-corrected chi connectivity index (χ2v) is 6.95. The van der Waals surface area contributed by atoms with E-state index in [1.807, 2.05) is 30.3 Å². The molecule has 2 N–H and O–H groups in total. The lowest BCUT2D eigenvalue weighted by Crippen LogP contribution is -2.37. The van der Waals surface area contributed by atoms with Crippen LogP contribution in [0.3, 0.4) is 0 Å². The molecular formula is C23H23FN4O2. The van der Waals surface area contributed by atoms with Gasteiger partial charge in [-0.05, 0) is 42.5 Å². The smallest absolute Gasteiger partial charge is 0.253 e. The first kappa shape index (κ1) is 19.8. The highest BCUT2D eigenvalue weighted by atomic mass is 19.1. The molecule has 4 rings (SSSR count). The summed E-state index contributed by atoms with van der Waals surface area (Å²) in [6.45, 7) is 3.27. The van der Waals surface area contributed by atoms with E-state index in [0.29, 0.717) is 36.7 Å². The molecule has 1 saturated heterocycles. The summed E-state index contributed by atoms with van der Waals surface area (Å²) in [6, 6.07) is 17.1. The molecule has 7 heteroatoms. The number of morpholine rings is 1. The zero-order valence-corrected chi connectivity index (χ0v) is 16.5. The third-order valence-electron chi connectivity index (χ3n) is 4.91. The van der Waals surface area contributed by atoms with E-state index in [1.165, 1.54) is 12.1 Å². The molecule has 1 fully saturated rings. The Bertz CT molecular complexity index is 1000. The molecule has 0 spiro atoms. The van der Waals surface area contributed by atoms with E-state index in [9.17, 15) is 9.18 Å². The van der Waals surface area contributed by atoms with Crippen LogP contribution in [0.2, 0.25) is 0 Å². The molecule has 1 aliphatic heterocycles. The largest absolute Gasteiger partial charge is 0.378 e. The summed E-state index contributed by atoms with van der Waals surface area (Å²) in [6.07, 6.45) is 1.76. The number of pyridine rings is 1. The number of benzene rings is 2. The topological polar surface area (TPSA) is 66.5 Å². The molecular weight excluding hydrogens is 383 g/mol. The lowest BCUT2D eigenvalue weighted by atomic mass is 10.1. The van der Waals surface area contributed by atoms with Crippen LogP contribution >= 0.6 is 0 Å². The van der Waals surface area contributed by atoms with Gasteiger partial charge in [0.1, 0.15) is 11.6 Å². The summed E-state index contributed by atoms with van der Waals surface area (Å²) in [4.78, 5) is 19.6. The average Bonchev–Trinajstić information content (AvgIpc) is 2.80. The molecule has 30 heavy (non-hydrogen) atoms. The molecule has 0 atom stereocenters. The molecule has 1 aromatic heterocycles. The number of rotatable bonds is 6. The van der Waals surface area contributed by atoms with Crippen molar-refractivity contribution in [3.8, 4) is 0 Å². The number of anilines is 3. The van der Waals surface area contributed by atoms with Crippen molar-refractivity contribution in [2.45, 2.75) is 6.54 Å². The van der Waals surface area contributed by atoms with Gasteiger partial charge in [0, 0.05) is 37.1 Å². The van der Waals surface area contributed by atoms with Crippen molar-refractivity contribution in [1.82, 2.24) is 10.3 Å². The van der Waals surface area contributed by atoms with E-state index in [2.05, 4.69) is 20.5 Å². The van der Waals surface area contributed by atoms with Gasteiger partial charge in [-0.1, -0.05) is 18.2 Å². The number of nitrogens with one attached hydrogen (secondary N) is 2. The van der Waals surface area contributed by atoms with Crippen molar-refractivity contribution in [1.29, 1.82) is 0 Å². The van der Waals surface area contributed by atoms with Gasteiger partial charge in [0.05, 0.1) is 24.5 Å². The highest BCUT2D eigenvalue weighted by molar-refractivity contribution is 6.00. The van der Waals surface area contributed by atoms with Crippen LogP contribution in [-0.4, -0.2) is 37.2 Å². The minimum Gasteiger partial charge on any atom is -0.378 e. The summed E-state index contributed by atoms with van der Waals surface area (Å²) in [5.74, 6) is 0.370. The van der Waals surface area contributed by atoms with Crippen LogP contribution in [0.4, 0.5) is 21.6 Å². The van der Waals surface area contributed by atoms with Crippen LogP contribution in [0.1, 0.15) is 15.9 Å². The maximum Gasteiger partial charge on any atom is 0.253 e. The summed E-state index contributed by atoms with van der Waals surface area (Å²) < 4.78 is 18.6. The first-order valence-electron chi connectivity index (χ1n) is 9.87. The molecule has 0 aliphatic carbocycles. The summed E-state index contributed by atoms with van der Waals surface area (Å²) in [7, 11) is 0. The maximum absolute atomic E-state index is 13.2. The normalized spacial score (nSPS) is 13.7. The molecule has 0 saturated carbocycles. The highest BCUT2D eigenvalue weighted by Gasteiger charge is 2.17. The number of nitrogens with zero attached hydrogens (tertiary/aromatic N) is 2. The van der Waals surface area contributed by atoms with Crippen molar-refractivity contribution < 1.29 is 13.9 Å². The van der Waals surface area contributed by atoms with Crippen molar-refractivity contribution in [3.63, 3.8) is 0 Å². The van der Waals surface area contributed by atoms with E-state index in [0.717, 1.165) is 24.5 Å². The number of carbonyl (C=O) groups excluding carboxylic acids is 1. The minimum absolute atomic E-state index is 0.197. The predicted molar refractivity (Wildman–Crippen MR) is 115 cm³/mol. The first-order valence-corrected chi connectivity index (χ1v) is 9.87. The molecule has 1 aliphatic rings. The quantitative estimate of drug-likeness (QED) is 0.653. The van der Waals surface area contributed by atoms with Gasteiger partial charge in [0.25, 0.3) is 5.91 Å². The van der Waals surface area contributed by atoms with Gasteiger partial charge in [-0.25, -0.2) is 9.37 Å². The lowest BCUT2D eigenvalue weighted by Gasteiger charge is -2.29. The number of aromatic nitrogens is 1. The second-order valence-electron chi connectivity index (χ2n) is 6.95. The molecule has 2 heterocycles. The van der Waals surface area contributed by atoms with E-state index >= 15 is 0 Å². The van der Waals surface area contributed by atoms with Gasteiger partial charge in [-0.15, -0.1) is 0 Å². The summed E-state index contributed by atoms with van der Waals surface area (Å²) >= 11 is 0. The van der Waals surface area contributed by atoms with Crippen LogP contribution in [0.15, 0.2) is 66.9 Å². The molecule has 0 bridgehead atoms. The number of hydrogen-bond acceptors (Lipinski definition) is 5. The van der Waals surface area contributed by atoms with Crippen molar-refractivity contribution in [2.24, 2.45) is 0 Å². The fraction of sp³-hybridized carbons (Fsp3) is 0.217. The molecule has 3 aromatic rings. The van der Waals surface area contributed by atoms with E-state index in [-0.39, 0.29) is 11.7 Å². The van der Waals surface area contributed by atoms with E-state index in [4.69, 9.17) is 4.74 Å². The molecule has 0 unspecified atom stereocenters. The zero-order chi connectivity index (χ0) is 20.8. The third-order valence-corrected chi connectivity index (χ3v) is 4.91. The van der Waals surface area contributed by atoms with Gasteiger partial charge in [-0.3, -0.25) is 4.79 Å². The van der Waals surface area contributed by atoms with Crippen LogP contribution in [0.25, 0.3) is 0 Å². The molecule has 2 aromatic carbocycles. The number of amides is 1. The van der Waals surface area contributed by atoms with Gasteiger partial charge in [0.2, 0.25) is 0 Å². The predicted octanol–water partition coefficient (Wildman–Crippen LogP) is 3.73. The third kappa shape index (κ3) is 4.75. The van der Waals surface area contributed by atoms with Crippen LogP contribution in [0.5, 0.6) is 0 Å². The standard InChI is InChI=1S/C23H23FN4O2/c24-18-7-9-19(10-8-18)27-21-6-2-1-5-20(21)23(29)26-16-17-4-3-11-25-22(17)28-12-14-30-15-13-28/h1-11,27H,12-16H2,(H,26,29).